The largest absolute Gasteiger partial charge is 0.485 e. The molecule has 0 bridgehead atoms. The lowest BCUT2D eigenvalue weighted by molar-refractivity contribution is -0.136. The first-order chi connectivity index (χ1) is 10.1. The van der Waals surface area contributed by atoms with Gasteiger partial charge in [-0.1, -0.05) is 42.5 Å². The van der Waals surface area contributed by atoms with Crippen molar-refractivity contribution in [2.75, 3.05) is 7.11 Å². The van der Waals surface area contributed by atoms with Crippen LogP contribution >= 0.6 is 0 Å². The standard InChI is InChI=1S/C17H18O4/c1-4-8-13-14(17(19)20-3)11(2)21-16(13)15(18)12-9-6-5-7-10-12/h4-10,13,16H,1-3H3/b8-4+. The summed E-state index contributed by atoms with van der Waals surface area (Å²) in [6.07, 6.45) is 2.88. The van der Waals surface area contributed by atoms with E-state index in [-0.39, 0.29) is 5.78 Å². The molecule has 0 aliphatic carbocycles. The molecule has 0 spiro atoms. The lowest BCUT2D eigenvalue weighted by Gasteiger charge is -2.16. The molecule has 1 aromatic rings. The third kappa shape index (κ3) is 2.89. The maximum absolute atomic E-state index is 12.6. The maximum atomic E-state index is 12.6. The van der Waals surface area contributed by atoms with Crippen LogP contribution in [0.1, 0.15) is 24.2 Å². The number of ether oxygens (including phenoxy) is 2. The Kier molecular flexibility index (Phi) is 4.58. The number of carbonyl (C=O) groups is 2. The molecule has 0 N–H and O–H groups in total. The van der Waals surface area contributed by atoms with E-state index in [2.05, 4.69) is 0 Å². The fourth-order valence-corrected chi connectivity index (χ4v) is 2.49. The van der Waals surface area contributed by atoms with E-state index in [1.807, 2.05) is 13.0 Å². The summed E-state index contributed by atoms with van der Waals surface area (Å²) in [6, 6.07) is 8.93. The van der Waals surface area contributed by atoms with E-state index in [9.17, 15) is 9.59 Å². The van der Waals surface area contributed by atoms with Crippen molar-refractivity contribution in [3.63, 3.8) is 0 Å². The molecule has 110 valence electrons. The van der Waals surface area contributed by atoms with E-state index in [0.29, 0.717) is 16.9 Å². The zero-order valence-corrected chi connectivity index (χ0v) is 12.3. The summed E-state index contributed by atoms with van der Waals surface area (Å²) in [5.74, 6) is -0.578. The van der Waals surface area contributed by atoms with Gasteiger partial charge in [0.05, 0.1) is 18.6 Å². The van der Waals surface area contributed by atoms with Crippen molar-refractivity contribution in [1.29, 1.82) is 0 Å². The molecule has 0 saturated carbocycles. The normalized spacial score (nSPS) is 21.5. The molecule has 1 aromatic carbocycles. The molecule has 1 heterocycles. The Morgan fingerprint density at radius 3 is 2.48 bits per heavy atom. The fourth-order valence-electron chi connectivity index (χ4n) is 2.49. The van der Waals surface area contributed by atoms with Gasteiger partial charge in [-0.2, -0.15) is 0 Å². The Bertz CT molecular complexity index is 598. The second-order valence-corrected chi connectivity index (χ2v) is 4.78. The molecule has 2 rings (SSSR count). The minimum atomic E-state index is -0.724. The monoisotopic (exact) mass is 286 g/mol. The summed E-state index contributed by atoms with van der Waals surface area (Å²) in [6.45, 7) is 3.52. The van der Waals surface area contributed by atoms with E-state index < -0.39 is 18.0 Å². The molecule has 0 saturated heterocycles. The highest BCUT2D eigenvalue weighted by molar-refractivity contribution is 6.02. The molecule has 21 heavy (non-hydrogen) atoms. The number of Topliss-reactive ketones (excluding diaryl/α,β-unsaturated/α-hetero) is 1. The van der Waals surface area contributed by atoms with Crippen LogP contribution in [0.15, 0.2) is 53.8 Å². The molecule has 2 unspecified atom stereocenters. The van der Waals surface area contributed by atoms with Crippen molar-refractivity contribution in [3.05, 3.63) is 59.4 Å². The van der Waals surface area contributed by atoms with Crippen LogP contribution < -0.4 is 0 Å². The third-order valence-corrected chi connectivity index (χ3v) is 3.46. The molecule has 4 heteroatoms. The highest BCUT2D eigenvalue weighted by Gasteiger charge is 2.41. The maximum Gasteiger partial charge on any atom is 0.337 e. The van der Waals surface area contributed by atoms with E-state index in [0.717, 1.165) is 0 Å². The van der Waals surface area contributed by atoms with Crippen LogP contribution in [-0.4, -0.2) is 25.0 Å². The van der Waals surface area contributed by atoms with E-state index in [1.54, 1.807) is 43.3 Å². The van der Waals surface area contributed by atoms with Crippen molar-refractivity contribution in [2.24, 2.45) is 5.92 Å². The van der Waals surface area contributed by atoms with E-state index in [4.69, 9.17) is 9.47 Å². The van der Waals surface area contributed by atoms with Gasteiger partial charge in [0.15, 0.2) is 6.10 Å². The van der Waals surface area contributed by atoms with E-state index >= 15 is 0 Å². The zero-order chi connectivity index (χ0) is 15.4. The molecule has 1 aliphatic rings. The first kappa shape index (κ1) is 15.0. The average molecular weight is 286 g/mol. The Morgan fingerprint density at radius 1 is 1.24 bits per heavy atom. The third-order valence-electron chi connectivity index (χ3n) is 3.46. The van der Waals surface area contributed by atoms with Crippen molar-refractivity contribution < 1.29 is 19.1 Å². The number of benzene rings is 1. The van der Waals surface area contributed by atoms with Gasteiger partial charge in [0.1, 0.15) is 5.76 Å². The number of hydrogen-bond acceptors (Lipinski definition) is 4. The summed E-state index contributed by atoms with van der Waals surface area (Å²) in [5, 5.41) is 0. The zero-order valence-electron chi connectivity index (χ0n) is 12.3. The number of rotatable bonds is 4. The van der Waals surface area contributed by atoms with Gasteiger partial charge in [-0.05, 0) is 13.8 Å². The van der Waals surface area contributed by atoms with Crippen LogP contribution in [0.3, 0.4) is 0 Å². The first-order valence-corrected chi connectivity index (χ1v) is 6.78. The fraction of sp³-hybridized carbons (Fsp3) is 0.294. The number of methoxy groups -OCH3 is 1. The van der Waals surface area contributed by atoms with Gasteiger partial charge in [-0.15, -0.1) is 0 Å². The Morgan fingerprint density at radius 2 is 1.90 bits per heavy atom. The van der Waals surface area contributed by atoms with Crippen LogP contribution in [0.4, 0.5) is 0 Å². The molecule has 4 nitrogen and oxygen atoms in total. The lowest BCUT2D eigenvalue weighted by atomic mass is 9.89. The smallest absolute Gasteiger partial charge is 0.337 e. The van der Waals surface area contributed by atoms with Gasteiger partial charge < -0.3 is 9.47 Å². The topological polar surface area (TPSA) is 52.6 Å². The minimum absolute atomic E-state index is 0.142. The number of carbonyl (C=O) groups excluding carboxylic acids is 2. The summed E-state index contributed by atoms with van der Waals surface area (Å²) < 4.78 is 10.4. The molecular formula is C17H18O4. The summed E-state index contributed by atoms with van der Waals surface area (Å²) >= 11 is 0. The number of ketones is 1. The molecule has 0 fully saturated rings. The second kappa shape index (κ2) is 6.39. The van der Waals surface area contributed by atoms with Crippen LogP contribution in [0.25, 0.3) is 0 Å². The number of esters is 1. The van der Waals surface area contributed by atoms with Crippen LogP contribution in [-0.2, 0) is 14.3 Å². The quantitative estimate of drug-likeness (QED) is 0.485. The van der Waals surface area contributed by atoms with Gasteiger partial charge in [0.2, 0.25) is 5.78 Å². The average Bonchev–Trinajstić information content (AvgIpc) is 2.83. The van der Waals surface area contributed by atoms with Crippen molar-refractivity contribution >= 4 is 11.8 Å². The van der Waals surface area contributed by atoms with Crippen molar-refractivity contribution in [1.82, 2.24) is 0 Å². The van der Waals surface area contributed by atoms with Crippen LogP contribution in [0.5, 0.6) is 0 Å². The highest BCUT2D eigenvalue weighted by atomic mass is 16.5. The van der Waals surface area contributed by atoms with Gasteiger partial charge in [-0.3, -0.25) is 4.79 Å². The highest BCUT2D eigenvalue weighted by Crippen LogP contribution is 2.34. The van der Waals surface area contributed by atoms with E-state index in [1.165, 1.54) is 7.11 Å². The molecule has 0 aromatic heterocycles. The molecule has 2 atom stereocenters. The lowest BCUT2D eigenvalue weighted by Crippen LogP contribution is -2.29. The summed E-state index contributed by atoms with van der Waals surface area (Å²) in [7, 11) is 1.32. The predicted molar refractivity (Wildman–Crippen MR) is 78.7 cm³/mol. The Labute approximate surface area is 124 Å². The van der Waals surface area contributed by atoms with Gasteiger partial charge in [0, 0.05) is 5.56 Å². The number of hydrogen-bond donors (Lipinski definition) is 0. The predicted octanol–water partition coefficient (Wildman–Crippen LogP) is 2.91. The molecule has 1 aliphatic heterocycles. The minimum Gasteiger partial charge on any atom is -0.485 e. The Hall–Kier alpha value is -2.36. The molecular weight excluding hydrogens is 268 g/mol. The summed E-state index contributed by atoms with van der Waals surface area (Å²) in [4.78, 5) is 24.5. The molecule has 0 radical (unpaired) electrons. The van der Waals surface area contributed by atoms with Crippen molar-refractivity contribution in [3.8, 4) is 0 Å². The Balaban J connectivity index is 2.34. The molecule has 0 amide bonds. The van der Waals surface area contributed by atoms with Gasteiger partial charge >= 0.3 is 5.97 Å². The first-order valence-electron chi connectivity index (χ1n) is 6.78. The summed E-state index contributed by atoms with van der Waals surface area (Å²) in [5.41, 5.74) is 0.973. The SMILES string of the molecule is C/C=C/C1C(C(=O)OC)=C(C)OC1C(=O)c1ccccc1. The second-order valence-electron chi connectivity index (χ2n) is 4.78. The van der Waals surface area contributed by atoms with Gasteiger partial charge in [-0.25, -0.2) is 4.79 Å². The van der Waals surface area contributed by atoms with Crippen LogP contribution in [0, 0.1) is 5.92 Å². The van der Waals surface area contributed by atoms with Crippen molar-refractivity contribution in [2.45, 2.75) is 20.0 Å². The van der Waals surface area contributed by atoms with Crippen LogP contribution in [0.2, 0.25) is 0 Å². The van der Waals surface area contributed by atoms with Gasteiger partial charge in [0.25, 0.3) is 0 Å². The number of allylic oxidation sites excluding steroid dienone is 2.